The summed E-state index contributed by atoms with van der Waals surface area (Å²) in [6.45, 7) is 3.88. The van der Waals surface area contributed by atoms with Crippen LogP contribution in [0, 0.1) is 17.6 Å². The van der Waals surface area contributed by atoms with Gasteiger partial charge in [0.05, 0.1) is 5.92 Å². The minimum atomic E-state index is -3.69. The summed E-state index contributed by atoms with van der Waals surface area (Å²) in [4.78, 5) is 27.4. The van der Waals surface area contributed by atoms with Gasteiger partial charge in [-0.3, -0.25) is 9.59 Å². The van der Waals surface area contributed by atoms with Crippen LogP contribution in [-0.2, 0) is 26.0 Å². The van der Waals surface area contributed by atoms with Crippen molar-refractivity contribution in [3.63, 3.8) is 0 Å². The zero-order chi connectivity index (χ0) is 29.4. The number of nitrogens with one attached hydrogen (secondary N) is 2. The lowest BCUT2D eigenvalue weighted by atomic mass is 9.97. The molecule has 222 valence electrons. The lowest BCUT2D eigenvalue weighted by molar-refractivity contribution is -0.129. The number of hydrogen-bond acceptors (Lipinski definition) is 5. The largest absolute Gasteiger partial charge is 0.353 e. The molecule has 2 fully saturated rings. The van der Waals surface area contributed by atoms with E-state index in [-0.39, 0.29) is 37.2 Å². The quantitative estimate of drug-likeness (QED) is 0.397. The van der Waals surface area contributed by atoms with E-state index in [1.165, 1.54) is 21.8 Å². The third kappa shape index (κ3) is 8.92. The van der Waals surface area contributed by atoms with Gasteiger partial charge in [-0.1, -0.05) is 43.7 Å². The number of nitrogens with zero attached hydrogens (tertiary/aromatic N) is 2. The molecule has 2 N–H and O–H groups in total. The molecule has 2 aromatic rings. The van der Waals surface area contributed by atoms with Crippen LogP contribution >= 0.6 is 0 Å². The predicted molar refractivity (Wildman–Crippen MR) is 154 cm³/mol. The van der Waals surface area contributed by atoms with E-state index in [2.05, 4.69) is 10.6 Å². The topological polar surface area (TPSA) is 98.8 Å². The Morgan fingerprint density at radius 2 is 1.88 bits per heavy atom. The van der Waals surface area contributed by atoms with Gasteiger partial charge in [0.1, 0.15) is 11.6 Å². The van der Waals surface area contributed by atoms with Crippen molar-refractivity contribution in [2.24, 2.45) is 5.92 Å². The zero-order valence-electron chi connectivity index (χ0n) is 23.3. The van der Waals surface area contributed by atoms with Gasteiger partial charge in [-0.25, -0.2) is 17.2 Å². The maximum Gasteiger partial charge on any atom is 0.236 e. The molecule has 0 aliphatic carbocycles. The highest BCUT2D eigenvalue weighted by molar-refractivity contribution is 7.92. The Balaban J connectivity index is 1.45. The molecule has 2 aliphatic rings. The van der Waals surface area contributed by atoms with Gasteiger partial charge >= 0.3 is 0 Å². The Kier molecular flexibility index (Phi) is 10.6. The molecule has 0 aromatic heterocycles. The molecular weight excluding hydrogens is 550 g/mol. The zero-order valence-corrected chi connectivity index (χ0v) is 24.1. The highest BCUT2D eigenvalue weighted by Crippen LogP contribution is 2.21. The van der Waals surface area contributed by atoms with Crippen LogP contribution in [0.15, 0.2) is 53.9 Å². The van der Waals surface area contributed by atoms with Gasteiger partial charge in [0.2, 0.25) is 21.8 Å². The van der Waals surface area contributed by atoms with Gasteiger partial charge in [-0.2, -0.15) is 4.31 Å². The first-order valence-corrected chi connectivity index (χ1v) is 15.6. The van der Waals surface area contributed by atoms with Crippen molar-refractivity contribution >= 4 is 27.9 Å². The smallest absolute Gasteiger partial charge is 0.236 e. The Morgan fingerprint density at radius 3 is 2.59 bits per heavy atom. The summed E-state index contributed by atoms with van der Waals surface area (Å²) >= 11 is 0. The maximum absolute atomic E-state index is 13.9. The molecule has 0 spiro atoms. The van der Waals surface area contributed by atoms with Gasteiger partial charge in [-0.05, 0) is 48.6 Å². The Labute approximate surface area is 240 Å². The van der Waals surface area contributed by atoms with Crippen molar-refractivity contribution in [1.82, 2.24) is 19.8 Å². The van der Waals surface area contributed by atoms with Crippen LogP contribution in [0.5, 0.6) is 0 Å². The van der Waals surface area contributed by atoms with E-state index in [1.807, 2.05) is 37.3 Å². The molecule has 0 radical (unpaired) electrons. The second-order valence-electron chi connectivity index (χ2n) is 10.8. The number of carbonyl (C=O) groups is 2. The van der Waals surface area contributed by atoms with Crippen molar-refractivity contribution in [3.8, 4) is 0 Å². The molecule has 4 rings (SSSR count). The number of sulfonamides is 1. The first-order chi connectivity index (χ1) is 19.6. The molecule has 0 bridgehead atoms. The SMILES string of the molecule is CCCCN1CC(C(=O)NC(Cc2cc(F)cc(F)c2)C[C@H]2CN(S(=O)(=O)/C=C/c3ccccc3)CCN2)CC1=O. The van der Waals surface area contributed by atoms with E-state index in [4.69, 9.17) is 0 Å². The van der Waals surface area contributed by atoms with E-state index < -0.39 is 33.6 Å². The van der Waals surface area contributed by atoms with E-state index in [9.17, 15) is 26.8 Å². The van der Waals surface area contributed by atoms with Gasteiger partial charge in [0, 0.05) is 62.7 Å². The second-order valence-corrected chi connectivity index (χ2v) is 12.6. The van der Waals surface area contributed by atoms with E-state index in [0.29, 0.717) is 38.2 Å². The van der Waals surface area contributed by atoms with Crippen molar-refractivity contribution in [1.29, 1.82) is 0 Å². The molecular formula is C30H38F2N4O4S. The third-order valence-electron chi connectivity index (χ3n) is 7.50. The summed E-state index contributed by atoms with van der Waals surface area (Å²) in [5.41, 5.74) is 1.15. The van der Waals surface area contributed by atoms with Crippen molar-refractivity contribution in [2.75, 3.05) is 32.7 Å². The Hall–Kier alpha value is -3.15. The summed E-state index contributed by atoms with van der Waals surface area (Å²) in [5.74, 6) is -2.27. The molecule has 0 saturated carbocycles. The number of likely N-dealkylation sites (tertiary alicyclic amines) is 1. The summed E-state index contributed by atoms with van der Waals surface area (Å²) in [5, 5.41) is 7.52. The number of halogens is 2. The summed E-state index contributed by atoms with van der Waals surface area (Å²) < 4.78 is 55.4. The van der Waals surface area contributed by atoms with Crippen LogP contribution in [0.1, 0.15) is 43.7 Å². The summed E-state index contributed by atoms with van der Waals surface area (Å²) in [7, 11) is -3.69. The molecule has 2 saturated heterocycles. The van der Waals surface area contributed by atoms with Gasteiger partial charge in [-0.15, -0.1) is 0 Å². The number of piperazine rings is 1. The summed E-state index contributed by atoms with van der Waals surface area (Å²) in [6, 6.07) is 11.6. The highest BCUT2D eigenvalue weighted by Gasteiger charge is 2.35. The lowest BCUT2D eigenvalue weighted by Gasteiger charge is -2.34. The standard InChI is InChI=1S/C30H38F2N4O4S/c1-2-3-11-35-20-24(17-29(35)37)30(38)34-27(16-23-14-25(31)18-26(32)15-23)19-28-21-36(12-10-33-28)41(39,40)13-9-22-7-5-4-6-8-22/h4-9,13-15,18,24,27-28,33H,2-3,10-12,16-17,19-21H2,1H3,(H,34,38)/b13-9+/t24?,27?,28-/m0/s1. The van der Waals surface area contributed by atoms with Crippen molar-refractivity contribution < 1.29 is 26.8 Å². The first kappa shape index (κ1) is 30.8. The number of carbonyl (C=O) groups excluding carboxylic acids is 2. The minimum absolute atomic E-state index is 0.0549. The van der Waals surface area contributed by atoms with Gasteiger partial charge in [0.15, 0.2) is 0 Å². The monoisotopic (exact) mass is 588 g/mol. The number of rotatable bonds is 12. The molecule has 11 heteroatoms. The Morgan fingerprint density at radius 1 is 1.15 bits per heavy atom. The van der Waals surface area contributed by atoms with Crippen LogP contribution in [0.2, 0.25) is 0 Å². The first-order valence-electron chi connectivity index (χ1n) is 14.1. The van der Waals surface area contributed by atoms with Crippen LogP contribution in [0.3, 0.4) is 0 Å². The Bertz CT molecular complexity index is 1320. The van der Waals surface area contributed by atoms with E-state index in [0.717, 1.165) is 24.5 Å². The number of amides is 2. The fourth-order valence-corrected chi connectivity index (χ4v) is 6.62. The fraction of sp³-hybridized carbons (Fsp3) is 0.467. The lowest BCUT2D eigenvalue weighted by Crippen LogP contribution is -2.54. The third-order valence-corrected chi connectivity index (χ3v) is 9.03. The molecule has 3 atom stereocenters. The molecule has 8 nitrogen and oxygen atoms in total. The number of unbranched alkanes of at least 4 members (excludes halogenated alkanes) is 1. The minimum Gasteiger partial charge on any atom is -0.353 e. The maximum atomic E-state index is 13.9. The highest BCUT2D eigenvalue weighted by atomic mass is 32.2. The average Bonchev–Trinajstić information content (AvgIpc) is 3.31. The van der Waals surface area contributed by atoms with Crippen LogP contribution in [-0.4, -0.2) is 74.2 Å². The van der Waals surface area contributed by atoms with Crippen molar-refractivity contribution in [3.05, 3.63) is 76.7 Å². The van der Waals surface area contributed by atoms with Crippen LogP contribution in [0.25, 0.3) is 6.08 Å². The van der Waals surface area contributed by atoms with Crippen LogP contribution in [0.4, 0.5) is 8.78 Å². The van der Waals surface area contributed by atoms with Crippen molar-refractivity contribution in [2.45, 2.75) is 51.1 Å². The molecule has 2 unspecified atom stereocenters. The average molecular weight is 589 g/mol. The van der Waals surface area contributed by atoms with E-state index >= 15 is 0 Å². The molecule has 2 heterocycles. The molecule has 41 heavy (non-hydrogen) atoms. The normalized spacial score (nSPS) is 21.0. The fourth-order valence-electron chi connectivity index (χ4n) is 5.38. The molecule has 2 aliphatic heterocycles. The molecule has 2 amide bonds. The predicted octanol–water partition coefficient (Wildman–Crippen LogP) is 3.31. The number of hydrogen-bond donors (Lipinski definition) is 2. The number of benzene rings is 2. The van der Waals surface area contributed by atoms with E-state index in [1.54, 1.807) is 11.0 Å². The summed E-state index contributed by atoms with van der Waals surface area (Å²) in [6.07, 6.45) is 3.97. The van der Waals surface area contributed by atoms with Crippen LogP contribution < -0.4 is 10.6 Å². The molecule has 2 aromatic carbocycles. The van der Waals surface area contributed by atoms with Gasteiger partial charge < -0.3 is 15.5 Å². The van der Waals surface area contributed by atoms with Gasteiger partial charge in [0.25, 0.3) is 0 Å². The second kappa shape index (κ2) is 14.2.